The molecule has 1 aromatic carbocycles. The highest BCUT2D eigenvalue weighted by molar-refractivity contribution is 14.1. The van der Waals surface area contributed by atoms with Gasteiger partial charge in [0.15, 0.2) is 0 Å². The van der Waals surface area contributed by atoms with E-state index in [2.05, 4.69) is 0 Å². The fraction of sp³-hybridized carbons (Fsp3) is 0.250. The van der Waals surface area contributed by atoms with E-state index in [9.17, 15) is 5.11 Å². The van der Waals surface area contributed by atoms with Crippen LogP contribution < -0.4 is 0 Å². The highest BCUT2D eigenvalue weighted by Gasteiger charge is 2.17. The average Bonchev–Trinajstić information content (AvgIpc) is 1.86. The van der Waals surface area contributed by atoms with Gasteiger partial charge in [-0.25, -0.2) is 0 Å². The normalized spacial score (nSPS) is 15.9. The van der Waals surface area contributed by atoms with Gasteiger partial charge in [0.2, 0.25) is 0 Å². The molecule has 0 aliphatic carbocycles. The van der Waals surface area contributed by atoms with Crippen LogP contribution >= 0.6 is 22.6 Å². The molecular formula is C8H9IO2. The molecule has 1 rings (SSSR count). The van der Waals surface area contributed by atoms with Gasteiger partial charge in [0.05, 0.1) is 0 Å². The maximum atomic E-state index is 9.49. The number of hydrogen-bond acceptors (Lipinski definition) is 2. The monoisotopic (exact) mass is 264 g/mol. The molecule has 0 aromatic heterocycles. The van der Waals surface area contributed by atoms with Crippen molar-refractivity contribution >= 4 is 22.6 Å². The van der Waals surface area contributed by atoms with Crippen LogP contribution in [0, 0.1) is 0 Å². The molecule has 0 spiro atoms. The standard InChI is InChI=1S/C8H9IO2/c1-8(9,11)6-3-2-4-7(10)5-6/h2-5,10-11H,1H3/t8-/m0/s1. The van der Waals surface area contributed by atoms with Crippen molar-refractivity contribution in [3.8, 4) is 5.75 Å². The second-order valence-corrected chi connectivity index (χ2v) is 4.60. The highest BCUT2D eigenvalue weighted by atomic mass is 127. The van der Waals surface area contributed by atoms with Crippen molar-refractivity contribution in [2.45, 2.75) is 10.5 Å². The molecule has 0 heterocycles. The van der Waals surface area contributed by atoms with E-state index in [1.165, 1.54) is 0 Å². The zero-order valence-electron chi connectivity index (χ0n) is 6.08. The van der Waals surface area contributed by atoms with Gasteiger partial charge in [-0.2, -0.15) is 0 Å². The summed E-state index contributed by atoms with van der Waals surface area (Å²) in [5.41, 5.74) is 0.707. The van der Waals surface area contributed by atoms with Crippen LogP contribution in [-0.2, 0) is 3.61 Å². The Morgan fingerprint density at radius 3 is 2.45 bits per heavy atom. The number of phenols is 1. The lowest BCUT2D eigenvalue weighted by atomic mass is 10.1. The number of hydrogen-bond donors (Lipinski definition) is 2. The van der Waals surface area contributed by atoms with E-state index in [1.807, 2.05) is 22.6 Å². The molecule has 11 heavy (non-hydrogen) atoms. The molecule has 0 radical (unpaired) electrons. The van der Waals surface area contributed by atoms with E-state index in [1.54, 1.807) is 31.2 Å². The SMILES string of the molecule is C[C@@](O)(I)c1cccc(O)c1. The van der Waals surface area contributed by atoms with Gasteiger partial charge in [-0.15, -0.1) is 0 Å². The molecule has 0 saturated heterocycles. The molecule has 0 saturated carbocycles. The van der Waals surface area contributed by atoms with E-state index in [0.717, 1.165) is 0 Å². The van der Waals surface area contributed by atoms with Crippen molar-refractivity contribution in [1.29, 1.82) is 0 Å². The Labute approximate surface area is 79.0 Å². The van der Waals surface area contributed by atoms with Crippen LogP contribution in [0.25, 0.3) is 0 Å². The molecule has 0 fully saturated rings. The van der Waals surface area contributed by atoms with Crippen molar-refractivity contribution in [1.82, 2.24) is 0 Å². The fourth-order valence-electron chi connectivity index (χ4n) is 0.790. The fourth-order valence-corrected chi connectivity index (χ4v) is 1.13. The largest absolute Gasteiger partial charge is 0.508 e. The number of aromatic hydroxyl groups is 1. The second kappa shape index (κ2) is 2.98. The topological polar surface area (TPSA) is 40.5 Å². The molecule has 0 amide bonds. The maximum absolute atomic E-state index is 9.49. The Morgan fingerprint density at radius 2 is 2.09 bits per heavy atom. The van der Waals surface area contributed by atoms with Crippen LogP contribution in [0.3, 0.4) is 0 Å². The summed E-state index contributed by atoms with van der Waals surface area (Å²) in [6.07, 6.45) is 0. The summed E-state index contributed by atoms with van der Waals surface area (Å²) in [5, 5.41) is 18.6. The van der Waals surface area contributed by atoms with Crippen LogP contribution in [0.5, 0.6) is 5.75 Å². The van der Waals surface area contributed by atoms with Crippen LogP contribution in [0.4, 0.5) is 0 Å². The third kappa shape index (κ3) is 2.34. The maximum Gasteiger partial charge on any atom is 0.138 e. The van der Waals surface area contributed by atoms with Crippen LogP contribution in [0.1, 0.15) is 12.5 Å². The van der Waals surface area contributed by atoms with Gasteiger partial charge in [0, 0.05) is 0 Å². The average molecular weight is 264 g/mol. The quantitative estimate of drug-likeness (QED) is 0.601. The number of halogens is 1. The molecule has 0 aliphatic heterocycles. The minimum atomic E-state index is -0.906. The molecule has 1 aromatic rings. The molecule has 2 nitrogen and oxygen atoms in total. The minimum Gasteiger partial charge on any atom is -0.508 e. The first kappa shape index (κ1) is 8.80. The summed E-state index contributed by atoms with van der Waals surface area (Å²) in [7, 11) is 0. The Kier molecular flexibility index (Phi) is 2.39. The number of alkyl halides is 1. The highest BCUT2D eigenvalue weighted by Crippen LogP contribution is 2.29. The van der Waals surface area contributed by atoms with Gasteiger partial charge in [0.1, 0.15) is 9.36 Å². The van der Waals surface area contributed by atoms with E-state index in [4.69, 9.17) is 5.11 Å². The molecule has 0 aliphatic rings. The Balaban J connectivity index is 3.06. The van der Waals surface area contributed by atoms with Gasteiger partial charge >= 0.3 is 0 Å². The summed E-state index contributed by atoms with van der Waals surface area (Å²) < 4.78 is -0.906. The van der Waals surface area contributed by atoms with Gasteiger partial charge < -0.3 is 10.2 Å². The Morgan fingerprint density at radius 1 is 1.45 bits per heavy atom. The first-order valence-corrected chi connectivity index (χ1v) is 4.29. The molecule has 60 valence electrons. The van der Waals surface area contributed by atoms with Crippen molar-refractivity contribution in [2.24, 2.45) is 0 Å². The van der Waals surface area contributed by atoms with E-state index >= 15 is 0 Å². The second-order valence-electron chi connectivity index (χ2n) is 2.50. The predicted molar refractivity (Wildman–Crippen MR) is 51.7 cm³/mol. The smallest absolute Gasteiger partial charge is 0.138 e. The van der Waals surface area contributed by atoms with E-state index in [0.29, 0.717) is 5.56 Å². The molecule has 2 N–H and O–H groups in total. The van der Waals surface area contributed by atoms with Crippen molar-refractivity contribution in [2.75, 3.05) is 0 Å². The summed E-state index contributed by atoms with van der Waals surface area (Å²) in [4.78, 5) is 0. The first-order valence-electron chi connectivity index (χ1n) is 3.21. The number of rotatable bonds is 1. The molecule has 1 atom stereocenters. The summed E-state index contributed by atoms with van der Waals surface area (Å²) in [6.45, 7) is 1.67. The zero-order chi connectivity index (χ0) is 8.48. The van der Waals surface area contributed by atoms with Crippen LogP contribution in [-0.4, -0.2) is 10.2 Å². The van der Waals surface area contributed by atoms with Crippen molar-refractivity contribution in [3.63, 3.8) is 0 Å². The van der Waals surface area contributed by atoms with Gasteiger partial charge in [-0.05, 0) is 47.2 Å². The third-order valence-corrected chi connectivity index (χ3v) is 2.00. The summed E-state index contributed by atoms with van der Waals surface area (Å²) >= 11 is 1.90. The molecule has 3 heteroatoms. The summed E-state index contributed by atoms with van der Waals surface area (Å²) in [5.74, 6) is 0.180. The van der Waals surface area contributed by atoms with Gasteiger partial charge in [-0.3, -0.25) is 0 Å². The predicted octanol–water partition coefficient (Wildman–Crippen LogP) is 1.99. The molecule has 0 bridgehead atoms. The van der Waals surface area contributed by atoms with Gasteiger partial charge in [-0.1, -0.05) is 12.1 Å². The first-order chi connectivity index (χ1) is 5.00. The lowest BCUT2D eigenvalue weighted by Crippen LogP contribution is -2.10. The lowest BCUT2D eigenvalue weighted by Gasteiger charge is -2.15. The Bertz CT molecular complexity index is 253. The summed E-state index contributed by atoms with van der Waals surface area (Å²) in [6, 6.07) is 6.60. The zero-order valence-corrected chi connectivity index (χ0v) is 8.24. The minimum absolute atomic E-state index is 0.180. The van der Waals surface area contributed by atoms with E-state index in [-0.39, 0.29) is 5.75 Å². The number of phenolic OH excluding ortho intramolecular Hbond substituents is 1. The Hall–Kier alpha value is -0.290. The molecular weight excluding hydrogens is 255 g/mol. The number of aliphatic hydroxyl groups is 1. The van der Waals surface area contributed by atoms with Gasteiger partial charge in [0.25, 0.3) is 0 Å². The van der Waals surface area contributed by atoms with Crippen molar-refractivity contribution < 1.29 is 10.2 Å². The van der Waals surface area contributed by atoms with Crippen LogP contribution in [0.15, 0.2) is 24.3 Å². The third-order valence-electron chi connectivity index (χ3n) is 1.37. The van der Waals surface area contributed by atoms with Crippen molar-refractivity contribution in [3.05, 3.63) is 29.8 Å². The molecule has 0 unspecified atom stereocenters. The lowest BCUT2D eigenvalue weighted by molar-refractivity contribution is 0.178. The number of benzene rings is 1. The van der Waals surface area contributed by atoms with E-state index < -0.39 is 3.61 Å². The van der Waals surface area contributed by atoms with Crippen LogP contribution in [0.2, 0.25) is 0 Å².